The van der Waals surface area contributed by atoms with Crippen molar-refractivity contribution in [2.45, 2.75) is 46.1 Å². The first kappa shape index (κ1) is 18.0. The van der Waals surface area contributed by atoms with Gasteiger partial charge >= 0.3 is 0 Å². The van der Waals surface area contributed by atoms with Crippen molar-refractivity contribution in [1.29, 1.82) is 0 Å². The summed E-state index contributed by atoms with van der Waals surface area (Å²) in [6, 6.07) is 4.34. The van der Waals surface area contributed by atoms with Gasteiger partial charge in [-0.25, -0.2) is 4.98 Å². The molecule has 0 amide bonds. The lowest BCUT2D eigenvalue weighted by atomic mass is 9.97. The van der Waals surface area contributed by atoms with E-state index in [-0.39, 0.29) is 0 Å². The van der Waals surface area contributed by atoms with Crippen LogP contribution in [0, 0.1) is 11.8 Å². The fraction of sp³-hybridized carbons (Fsp3) is 0.700. The third-order valence-electron chi connectivity index (χ3n) is 5.29. The Hall–Kier alpha value is -1.78. The lowest BCUT2D eigenvalue weighted by Gasteiger charge is -2.22. The number of likely N-dealkylation sites (tertiary alicyclic amines) is 1. The third-order valence-corrected chi connectivity index (χ3v) is 5.29. The van der Waals surface area contributed by atoms with Gasteiger partial charge < -0.3 is 15.1 Å². The quantitative estimate of drug-likeness (QED) is 0.659. The van der Waals surface area contributed by atoms with Gasteiger partial charge in [-0.15, -0.1) is 0 Å². The molecule has 1 N–H and O–H groups in total. The Labute approximate surface area is 152 Å². The molecule has 0 saturated carbocycles. The van der Waals surface area contributed by atoms with Crippen LogP contribution in [0.15, 0.2) is 23.3 Å². The van der Waals surface area contributed by atoms with Crippen LogP contribution in [0.25, 0.3) is 0 Å². The normalized spacial score (nSPS) is 21.4. The van der Waals surface area contributed by atoms with Gasteiger partial charge in [0.05, 0.1) is 0 Å². The maximum absolute atomic E-state index is 4.64. The van der Waals surface area contributed by atoms with Crippen molar-refractivity contribution in [3.8, 4) is 0 Å². The van der Waals surface area contributed by atoms with Gasteiger partial charge in [0, 0.05) is 46.0 Å². The van der Waals surface area contributed by atoms with Crippen LogP contribution in [0.5, 0.6) is 0 Å². The van der Waals surface area contributed by atoms with E-state index in [1.165, 1.54) is 31.2 Å². The van der Waals surface area contributed by atoms with E-state index in [9.17, 15) is 0 Å². The standard InChI is InChI=1S/C20H33N5/c1-16(2)12-17-8-11-25(15-17)20(21-3)23-14-18-6-7-19(22-13-18)24-9-4-5-10-24/h6-7,13,16-17H,4-5,8-12,14-15H2,1-3H3,(H,21,23). The van der Waals surface area contributed by atoms with Crippen molar-refractivity contribution in [3.05, 3.63) is 23.9 Å². The minimum atomic E-state index is 0.778. The number of hydrogen-bond donors (Lipinski definition) is 1. The molecule has 2 aliphatic rings. The number of nitrogens with one attached hydrogen (secondary N) is 1. The van der Waals surface area contributed by atoms with Crippen LogP contribution in [0.1, 0.15) is 45.1 Å². The zero-order valence-corrected chi connectivity index (χ0v) is 16.0. The fourth-order valence-electron chi connectivity index (χ4n) is 4.05. The van der Waals surface area contributed by atoms with E-state index in [4.69, 9.17) is 0 Å². The number of guanidine groups is 1. The van der Waals surface area contributed by atoms with Crippen LogP contribution in [-0.2, 0) is 6.54 Å². The molecule has 0 bridgehead atoms. The summed E-state index contributed by atoms with van der Waals surface area (Å²) in [6.07, 6.45) is 7.17. The summed E-state index contributed by atoms with van der Waals surface area (Å²) in [5.41, 5.74) is 1.21. The molecule has 3 heterocycles. The average Bonchev–Trinajstić information content (AvgIpc) is 3.28. The van der Waals surface area contributed by atoms with Crippen LogP contribution in [-0.4, -0.2) is 49.1 Å². The van der Waals surface area contributed by atoms with E-state index in [1.54, 1.807) is 0 Å². The lowest BCUT2D eigenvalue weighted by Crippen LogP contribution is -2.39. The monoisotopic (exact) mass is 343 g/mol. The van der Waals surface area contributed by atoms with Gasteiger partial charge in [0.1, 0.15) is 5.82 Å². The second-order valence-corrected chi connectivity index (χ2v) is 7.85. The highest BCUT2D eigenvalue weighted by atomic mass is 15.3. The van der Waals surface area contributed by atoms with Gasteiger partial charge in [0.15, 0.2) is 5.96 Å². The van der Waals surface area contributed by atoms with E-state index < -0.39 is 0 Å². The Balaban J connectivity index is 1.49. The van der Waals surface area contributed by atoms with Crippen molar-refractivity contribution in [2.24, 2.45) is 16.8 Å². The SMILES string of the molecule is CN=C(NCc1ccc(N2CCCC2)nc1)N1CCC(CC(C)C)C1. The molecule has 5 heteroatoms. The van der Waals surface area contributed by atoms with Gasteiger partial charge in [-0.1, -0.05) is 19.9 Å². The Morgan fingerprint density at radius 3 is 2.72 bits per heavy atom. The molecule has 0 aliphatic carbocycles. The van der Waals surface area contributed by atoms with Crippen LogP contribution >= 0.6 is 0 Å². The Morgan fingerprint density at radius 1 is 1.28 bits per heavy atom. The molecule has 1 aromatic rings. The highest BCUT2D eigenvalue weighted by Gasteiger charge is 2.25. The van der Waals surface area contributed by atoms with Gasteiger partial charge in [0.25, 0.3) is 0 Å². The second-order valence-electron chi connectivity index (χ2n) is 7.85. The smallest absolute Gasteiger partial charge is 0.193 e. The predicted octanol–water partition coefficient (Wildman–Crippen LogP) is 3.13. The van der Waals surface area contributed by atoms with E-state index in [0.717, 1.165) is 56.3 Å². The predicted molar refractivity (Wildman–Crippen MR) is 105 cm³/mol. The van der Waals surface area contributed by atoms with Gasteiger partial charge in [-0.3, -0.25) is 4.99 Å². The summed E-state index contributed by atoms with van der Waals surface area (Å²) in [6.45, 7) is 9.94. The largest absolute Gasteiger partial charge is 0.357 e. The molecular formula is C20H33N5. The molecule has 5 nitrogen and oxygen atoms in total. The number of nitrogens with zero attached hydrogens (tertiary/aromatic N) is 4. The van der Waals surface area contributed by atoms with Gasteiger partial charge in [-0.05, 0) is 49.1 Å². The molecule has 1 unspecified atom stereocenters. The van der Waals surface area contributed by atoms with Crippen molar-refractivity contribution in [1.82, 2.24) is 15.2 Å². The zero-order valence-electron chi connectivity index (χ0n) is 16.0. The van der Waals surface area contributed by atoms with Crippen LogP contribution in [0.4, 0.5) is 5.82 Å². The number of pyridine rings is 1. The lowest BCUT2D eigenvalue weighted by molar-refractivity contribution is 0.403. The topological polar surface area (TPSA) is 43.8 Å². The van der Waals surface area contributed by atoms with Crippen LogP contribution in [0.2, 0.25) is 0 Å². The van der Waals surface area contributed by atoms with Crippen LogP contribution in [0.3, 0.4) is 0 Å². The maximum atomic E-state index is 4.64. The minimum Gasteiger partial charge on any atom is -0.357 e. The summed E-state index contributed by atoms with van der Waals surface area (Å²) in [5.74, 6) is 3.72. The summed E-state index contributed by atoms with van der Waals surface area (Å²) in [5, 5.41) is 3.51. The van der Waals surface area contributed by atoms with Crippen molar-refractivity contribution >= 4 is 11.8 Å². The number of hydrogen-bond acceptors (Lipinski definition) is 3. The number of aliphatic imine (C=N–C) groups is 1. The van der Waals surface area contributed by atoms with Crippen molar-refractivity contribution in [3.63, 3.8) is 0 Å². The maximum Gasteiger partial charge on any atom is 0.193 e. The third kappa shape index (κ3) is 4.86. The van der Waals surface area contributed by atoms with E-state index in [1.807, 2.05) is 13.2 Å². The Kier molecular flexibility index (Phi) is 6.16. The first-order valence-electron chi connectivity index (χ1n) is 9.81. The Morgan fingerprint density at radius 2 is 2.08 bits per heavy atom. The average molecular weight is 344 g/mol. The van der Waals surface area contributed by atoms with E-state index in [2.05, 4.69) is 51.1 Å². The second kappa shape index (κ2) is 8.54. The Bertz CT molecular complexity index is 560. The summed E-state index contributed by atoms with van der Waals surface area (Å²) < 4.78 is 0. The number of anilines is 1. The number of rotatable bonds is 5. The number of aromatic nitrogens is 1. The highest BCUT2D eigenvalue weighted by Crippen LogP contribution is 2.23. The van der Waals surface area contributed by atoms with Crippen LogP contribution < -0.4 is 10.2 Å². The van der Waals surface area contributed by atoms with E-state index in [0.29, 0.717) is 0 Å². The molecule has 0 spiro atoms. The highest BCUT2D eigenvalue weighted by molar-refractivity contribution is 5.80. The van der Waals surface area contributed by atoms with E-state index >= 15 is 0 Å². The van der Waals surface area contributed by atoms with Crippen molar-refractivity contribution in [2.75, 3.05) is 38.1 Å². The molecule has 1 aromatic heterocycles. The molecule has 1 atom stereocenters. The first-order chi connectivity index (χ1) is 12.2. The minimum absolute atomic E-state index is 0.778. The first-order valence-corrected chi connectivity index (χ1v) is 9.81. The molecule has 0 radical (unpaired) electrons. The molecule has 2 fully saturated rings. The zero-order chi connectivity index (χ0) is 17.6. The molecular weight excluding hydrogens is 310 g/mol. The molecule has 3 rings (SSSR count). The molecule has 25 heavy (non-hydrogen) atoms. The molecule has 0 aromatic carbocycles. The molecule has 2 aliphatic heterocycles. The molecule has 2 saturated heterocycles. The summed E-state index contributed by atoms with van der Waals surface area (Å²) in [4.78, 5) is 13.9. The molecule has 138 valence electrons. The van der Waals surface area contributed by atoms with Gasteiger partial charge in [0.2, 0.25) is 0 Å². The van der Waals surface area contributed by atoms with Gasteiger partial charge in [-0.2, -0.15) is 0 Å². The summed E-state index contributed by atoms with van der Waals surface area (Å²) in [7, 11) is 1.88. The summed E-state index contributed by atoms with van der Waals surface area (Å²) >= 11 is 0. The fourth-order valence-corrected chi connectivity index (χ4v) is 4.05. The van der Waals surface area contributed by atoms with Crippen molar-refractivity contribution < 1.29 is 0 Å².